The zero-order valence-corrected chi connectivity index (χ0v) is 11.2. The molecule has 1 aromatic carbocycles. The fourth-order valence-electron chi connectivity index (χ4n) is 1.92. The van der Waals surface area contributed by atoms with E-state index in [9.17, 15) is 9.59 Å². The summed E-state index contributed by atoms with van der Waals surface area (Å²) in [5.41, 5.74) is 0.648. The Bertz CT molecular complexity index is 685. The quantitative estimate of drug-likeness (QED) is 0.912. The topological polar surface area (TPSA) is 79.3 Å². The number of thiazole rings is 1. The first kappa shape index (κ1) is 12.4. The van der Waals surface area contributed by atoms with E-state index in [4.69, 9.17) is 16.7 Å². The maximum absolute atomic E-state index is 11.8. The summed E-state index contributed by atoms with van der Waals surface area (Å²) in [7, 11) is 0. The molecule has 2 aromatic rings. The highest BCUT2D eigenvalue weighted by Crippen LogP contribution is 2.40. The number of nitrogens with zero attached hydrogens (tertiary/aromatic N) is 1. The molecular weight excluding hydrogens is 288 g/mol. The second-order valence-electron chi connectivity index (χ2n) is 4.38. The molecule has 19 heavy (non-hydrogen) atoms. The number of aromatic nitrogens is 1. The lowest BCUT2D eigenvalue weighted by atomic mass is 10.3. The van der Waals surface area contributed by atoms with Crippen LogP contribution in [0.1, 0.15) is 6.42 Å². The van der Waals surface area contributed by atoms with E-state index < -0.39 is 17.8 Å². The molecule has 0 aliphatic heterocycles. The Morgan fingerprint density at radius 1 is 1.42 bits per heavy atom. The maximum atomic E-state index is 11.8. The summed E-state index contributed by atoms with van der Waals surface area (Å²) in [6.07, 6.45) is 0.396. The minimum Gasteiger partial charge on any atom is -0.481 e. The van der Waals surface area contributed by atoms with Gasteiger partial charge in [-0.2, -0.15) is 0 Å². The van der Waals surface area contributed by atoms with Crippen molar-refractivity contribution in [3.05, 3.63) is 23.2 Å². The number of aliphatic carboxylic acids is 1. The molecule has 1 fully saturated rings. The first-order valence-corrected chi connectivity index (χ1v) is 6.84. The van der Waals surface area contributed by atoms with Crippen molar-refractivity contribution < 1.29 is 14.7 Å². The van der Waals surface area contributed by atoms with E-state index in [1.165, 1.54) is 11.3 Å². The molecule has 0 radical (unpaired) electrons. The number of para-hydroxylation sites is 1. The molecule has 5 nitrogen and oxygen atoms in total. The number of rotatable bonds is 3. The summed E-state index contributed by atoms with van der Waals surface area (Å²) in [5.74, 6) is -2.21. The van der Waals surface area contributed by atoms with Crippen molar-refractivity contribution in [3.8, 4) is 0 Å². The van der Waals surface area contributed by atoms with E-state index >= 15 is 0 Å². The van der Waals surface area contributed by atoms with Gasteiger partial charge in [-0.3, -0.25) is 9.59 Å². The monoisotopic (exact) mass is 296 g/mol. The van der Waals surface area contributed by atoms with Gasteiger partial charge in [0.1, 0.15) is 5.52 Å². The highest BCUT2D eigenvalue weighted by atomic mass is 35.5. The van der Waals surface area contributed by atoms with Crippen molar-refractivity contribution in [2.24, 2.45) is 11.8 Å². The summed E-state index contributed by atoms with van der Waals surface area (Å²) in [6.45, 7) is 0. The lowest BCUT2D eigenvalue weighted by Gasteiger charge is -1.98. The third kappa shape index (κ3) is 2.29. The molecule has 1 saturated carbocycles. The number of anilines is 1. The van der Waals surface area contributed by atoms with Crippen LogP contribution in [0.5, 0.6) is 0 Å². The van der Waals surface area contributed by atoms with Crippen LogP contribution in [0.25, 0.3) is 10.2 Å². The molecule has 3 rings (SSSR count). The van der Waals surface area contributed by atoms with Crippen molar-refractivity contribution in [1.29, 1.82) is 0 Å². The molecule has 98 valence electrons. The van der Waals surface area contributed by atoms with Crippen LogP contribution in [-0.4, -0.2) is 22.0 Å². The largest absolute Gasteiger partial charge is 0.481 e. The summed E-state index contributed by atoms with van der Waals surface area (Å²) in [5, 5.41) is 12.4. The molecule has 1 amide bonds. The van der Waals surface area contributed by atoms with E-state index in [0.717, 1.165) is 4.70 Å². The number of carboxylic acid groups (broad SMARTS) is 1. The molecule has 0 spiro atoms. The molecule has 1 aliphatic rings. The normalized spacial score (nSPS) is 21.3. The van der Waals surface area contributed by atoms with Crippen LogP contribution in [0.15, 0.2) is 18.2 Å². The third-order valence-corrected chi connectivity index (χ3v) is 4.29. The van der Waals surface area contributed by atoms with Crippen molar-refractivity contribution in [3.63, 3.8) is 0 Å². The van der Waals surface area contributed by atoms with Gasteiger partial charge < -0.3 is 10.4 Å². The van der Waals surface area contributed by atoms with Gasteiger partial charge in [-0.15, -0.1) is 0 Å². The van der Waals surface area contributed by atoms with Crippen molar-refractivity contribution in [1.82, 2.24) is 4.98 Å². The standard InChI is InChI=1S/C12H9ClN2O3S/c13-7-2-1-3-8-9(7)14-12(19-8)15-10(16)5-4-6(5)11(17)18/h1-3,5-6H,4H2,(H,17,18)(H,14,15,16)/t5-,6-/m0/s1. The summed E-state index contributed by atoms with van der Waals surface area (Å²) in [6, 6.07) is 5.41. The number of hydrogen-bond acceptors (Lipinski definition) is 4. The fourth-order valence-corrected chi connectivity index (χ4v) is 3.09. The second kappa shape index (κ2) is 4.47. The van der Waals surface area contributed by atoms with Gasteiger partial charge >= 0.3 is 5.97 Å². The lowest BCUT2D eigenvalue weighted by Crippen LogP contribution is -2.16. The predicted molar refractivity (Wildman–Crippen MR) is 72.5 cm³/mol. The summed E-state index contributed by atoms with van der Waals surface area (Å²) < 4.78 is 0.883. The number of carbonyl (C=O) groups is 2. The smallest absolute Gasteiger partial charge is 0.307 e. The van der Waals surface area contributed by atoms with E-state index in [1.54, 1.807) is 6.07 Å². The Morgan fingerprint density at radius 3 is 2.84 bits per heavy atom. The minimum atomic E-state index is -0.924. The first-order chi connectivity index (χ1) is 9.06. The van der Waals surface area contributed by atoms with Crippen LogP contribution in [0.4, 0.5) is 5.13 Å². The minimum absolute atomic E-state index is 0.289. The number of amides is 1. The van der Waals surface area contributed by atoms with Gasteiger partial charge in [0, 0.05) is 0 Å². The zero-order valence-electron chi connectivity index (χ0n) is 9.59. The molecule has 2 N–H and O–H groups in total. The van der Waals surface area contributed by atoms with Gasteiger partial charge in [0.05, 0.1) is 21.6 Å². The highest BCUT2D eigenvalue weighted by Gasteiger charge is 2.48. The average molecular weight is 297 g/mol. The molecule has 1 aromatic heterocycles. The molecular formula is C12H9ClN2O3S. The van der Waals surface area contributed by atoms with Crippen LogP contribution < -0.4 is 5.32 Å². The van der Waals surface area contributed by atoms with Gasteiger partial charge in [-0.05, 0) is 18.6 Å². The van der Waals surface area contributed by atoms with Crippen LogP contribution in [0.3, 0.4) is 0 Å². The fraction of sp³-hybridized carbons (Fsp3) is 0.250. The zero-order chi connectivity index (χ0) is 13.6. The lowest BCUT2D eigenvalue weighted by molar-refractivity contribution is -0.139. The van der Waals surface area contributed by atoms with Crippen LogP contribution in [0.2, 0.25) is 5.02 Å². The van der Waals surface area contributed by atoms with E-state index in [2.05, 4.69) is 10.3 Å². The Hall–Kier alpha value is -1.66. The van der Waals surface area contributed by atoms with Gasteiger partial charge in [0.15, 0.2) is 5.13 Å². The van der Waals surface area contributed by atoms with Gasteiger partial charge in [0.25, 0.3) is 0 Å². The van der Waals surface area contributed by atoms with Crippen LogP contribution >= 0.6 is 22.9 Å². The van der Waals surface area contributed by atoms with Crippen molar-refractivity contribution in [2.75, 3.05) is 5.32 Å². The summed E-state index contributed by atoms with van der Waals surface area (Å²) >= 11 is 7.32. The number of carboxylic acids is 1. The maximum Gasteiger partial charge on any atom is 0.307 e. The molecule has 1 aliphatic carbocycles. The molecule has 7 heteroatoms. The molecule has 0 bridgehead atoms. The highest BCUT2D eigenvalue weighted by molar-refractivity contribution is 7.22. The number of halogens is 1. The summed E-state index contributed by atoms with van der Waals surface area (Å²) in [4.78, 5) is 26.8. The first-order valence-electron chi connectivity index (χ1n) is 5.65. The molecule has 0 saturated heterocycles. The van der Waals surface area contributed by atoms with Gasteiger partial charge in [-0.1, -0.05) is 29.0 Å². The van der Waals surface area contributed by atoms with E-state index in [1.807, 2.05) is 12.1 Å². The van der Waals surface area contributed by atoms with Crippen molar-refractivity contribution >= 4 is 50.2 Å². The van der Waals surface area contributed by atoms with Crippen LogP contribution in [0, 0.1) is 11.8 Å². The number of fused-ring (bicyclic) bond motifs is 1. The number of nitrogens with one attached hydrogen (secondary N) is 1. The Morgan fingerprint density at radius 2 is 2.21 bits per heavy atom. The molecule has 1 heterocycles. The third-order valence-electron chi connectivity index (χ3n) is 3.04. The molecule has 2 atom stereocenters. The van der Waals surface area contributed by atoms with E-state index in [0.29, 0.717) is 22.1 Å². The Kier molecular flexibility index (Phi) is 2.91. The van der Waals surface area contributed by atoms with Gasteiger partial charge in [0.2, 0.25) is 5.91 Å². The number of carbonyl (C=O) groups excluding carboxylic acids is 1. The van der Waals surface area contributed by atoms with Crippen molar-refractivity contribution in [2.45, 2.75) is 6.42 Å². The van der Waals surface area contributed by atoms with Crippen LogP contribution in [-0.2, 0) is 9.59 Å². The second-order valence-corrected chi connectivity index (χ2v) is 5.82. The molecule has 0 unspecified atom stereocenters. The number of hydrogen-bond donors (Lipinski definition) is 2. The predicted octanol–water partition coefficient (Wildman–Crippen LogP) is 2.61. The Labute approximate surface area is 117 Å². The van der Waals surface area contributed by atoms with Gasteiger partial charge in [-0.25, -0.2) is 4.98 Å². The Balaban J connectivity index is 1.77. The van der Waals surface area contributed by atoms with E-state index in [-0.39, 0.29) is 5.91 Å². The SMILES string of the molecule is O=C(O)[C@H]1C[C@@H]1C(=O)Nc1nc2c(Cl)cccc2s1. The average Bonchev–Trinajstić information content (AvgIpc) is 3.05. The number of benzene rings is 1.